The molecule has 0 spiro atoms. The van der Waals surface area contributed by atoms with Crippen LogP contribution in [-0.4, -0.2) is 42.1 Å². The second-order valence-electron chi connectivity index (χ2n) is 7.67. The van der Waals surface area contributed by atoms with Crippen LogP contribution in [0.1, 0.15) is 96.8 Å². The zero-order valence-electron chi connectivity index (χ0n) is 18.8. The van der Waals surface area contributed by atoms with Gasteiger partial charge in [0.2, 0.25) is 5.91 Å². The molecule has 0 unspecified atom stereocenters. The van der Waals surface area contributed by atoms with E-state index in [-0.39, 0.29) is 12.5 Å². The molecule has 0 atom stereocenters. The first-order valence-corrected chi connectivity index (χ1v) is 11.6. The second kappa shape index (κ2) is 20.9. The third-order valence-electron chi connectivity index (χ3n) is 5.01. The van der Waals surface area contributed by atoms with Gasteiger partial charge in [-0.1, -0.05) is 82.6 Å². The Morgan fingerprint density at radius 3 is 1.83 bits per heavy atom. The average Bonchev–Trinajstić information content (AvgIpc) is 2.71. The van der Waals surface area contributed by atoms with Gasteiger partial charge in [-0.2, -0.15) is 0 Å². The van der Waals surface area contributed by atoms with Crippen molar-refractivity contribution >= 4 is 12.0 Å². The molecule has 0 aromatic rings. The van der Waals surface area contributed by atoms with Crippen LogP contribution in [0.25, 0.3) is 0 Å². The van der Waals surface area contributed by atoms with Crippen LogP contribution in [0.3, 0.4) is 0 Å². The zero-order valence-corrected chi connectivity index (χ0v) is 18.8. The molecular weight excluding hydrogens is 364 g/mol. The van der Waals surface area contributed by atoms with E-state index in [0.717, 1.165) is 25.7 Å². The lowest BCUT2D eigenvalue weighted by Gasteiger charge is -2.17. The average molecular weight is 409 g/mol. The van der Waals surface area contributed by atoms with Gasteiger partial charge in [0.25, 0.3) is 0 Å². The predicted molar refractivity (Wildman–Crippen MR) is 122 cm³/mol. The number of likely N-dealkylation sites (N-methyl/N-ethyl adjacent to an activating group) is 1. The maximum absolute atomic E-state index is 11.3. The summed E-state index contributed by atoms with van der Waals surface area (Å²) in [7, 11) is 1.52. The van der Waals surface area contributed by atoms with E-state index < -0.39 is 6.09 Å². The van der Waals surface area contributed by atoms with Crippen molar-refractivity contribution < 1.29 is 14.7 Å². The monoisotopic (exact) mass is 408 g/mol. The van der Waals surface area contributed by atoms with Gasteiger partial charge < -0.3 is 10.4 Å². The lowest BCUT2D eigenvalue weighted by Crippen LogP contribution is -2.39. The molecule has 0 bridgehead atoms. The van der Waals surface area contributed by atoms with Gasteiger partial charge in [0.05, 0.1) is 0 Å². The van der Waals surface area contributed by atoms with Crippen molar-refractivity contribution in [1.82, 2.24) is 10.2 Å². The Balaban J connectivity index is 3.43. The summed E-state index contributed by atoms with van der Waals surface area (Å²) >= 11 is 0. The van der Waals surface area contributed by atoms with Crippen molar-refractivity contribution in [2.75, 3.05) is 20.1 Å². The summed E-state index contributed by atoms with van der Waals surface area (Å²) in [6, 6.07) is 0. The molecule has 0 aromatic carbocycles. The maximum atomic E-state index is 11.3. The molecule has 0 aromatic heterocycles. The third kappa shape index (κ3) is 19.3. The number of hydrogen-bond donors (Lipinski definition) is 2. The molecule has 2 amide bonds. The number of nitrogens with zero attached hydrogens (tertiary/aromatic N) is 1. The van der Waals surface area contributed by atoms with Gasteiger partial charge in [0, 0.05) is 13.6 Å². The molecule has 0 fully saturated rings. The van der Waals surface area contributed by atoms with Crippen molar-refractivity contribution in [3.63, 3.8) is 0 Å². The van der Waals surface area contributed by atoms with Gasteiger partial charge >= 0.3 is 6.09 Å². The molecule has 168 valence electrons. The Kier molecular flexibility index (Phi) is 19.7. The van der Waals surface area contributed by atoms with Crippen molar-refractivity contribution in [2.24, 2.45) is 0 Å². The van der Waals surface area contributed by atoms with Crippen LogP contribution in [-0.2, 0) is 4.79 Å². The van der Waals surface area contributed by atoms with Crippen LogP contribution < -0.4 is 5.32 Å². The molecule has 0 aliphatic carbocycles. The Hall–Kier alpha value is -1.78. The van der Waals surface area contributed by atoms with Gasteiger partial charge in [0.1, 0.15) is 6.54 Å². The molecule has 0 aliphatic rings. The van der Waals surface area contributed by atoms with E-state index in [2.05, 4.69) is 36.5 Å². The number of allylic oxidation sites excluding steroid dienone is 4. The molecule has 0 saturated heterocycles. The van der Waals surface area contributed by atoms with E-state index in [1.54, 1.807) is 0 Å². The molecule has 2 N–H and O–H groups in total. The number of hydrogen-bond acceptors (Lipinski definition) is 2. The quantitative estimate of drug-likeness (QED) is 0.194. The lowest BCUT2D eigenvalue weighted by molar-refractivity contribution is -0.121. The number of carbonyl (C=O) groups excluding carboxylic acids is 1. The number of unbranched alkanes of at least 4 members (excludes halogenated alkanes) is 11. The molecule has 0 radical (unpaired) electrons. The van der Waals surface area contributed by atoms with Crippen LogP contribution in [0, 0.1) is 0 Å². The molecule has 0 rings (SSSR count). The minimum absolute atomic E-state index is 0.0739. The molecule has 29 heavy (non-hydrogen) atoms. The van der Waals surface area contributed by atoms with Gasteiger partial charge in [-0.3, -0.25) is 9.69 Å². The first-order valence-electron chi connectivity index (χ1n) is 11.6. The minimum Gasteiger partial charge on any atom is -0.465 e. The molecule has 0 heterocycles. The highest BCUT2D eigenvalue weighted by atomic mass is 16.4. The van der Waals surface area contributed by atoms with Gasteiger partial charge in [-0.05, 0) is 38.5 Å². The second-order valence-corrected chi connectivity index (χ2v) is 7.67. The van der Waals surface area contributed by atoms with E-state index in [0.29, 0.717) is 6.54 Å². The number of amides is 2. The third-order valence-corrected chi connectivity index (χ3v) is 5.01. The predicted octanol–water partition coefficient (Wildman–Crippen LogP) is 6.31. The fourth-order valence-electron chi connectivity index (χ4n) is 3.14. The summed E-state index contributed by atoms with van der Waals surface area (Å²) in [6.07, 6.45) is 24.8. The van der Waals surface area contributed by atoms with Gasteiger partial charge in [0.15, 0.2) is 0 Å². The van der Waals surface area contributed by atoms with E-state index in [4.69, 9.17) is 5.11 Å². The Labute approximate surface area is 178 Å². The molecule has 5 nitrogen and oxygen atoms in total. The van der Waals surface area contributed by atoms with Crippen LogP contribution in [0.15, 0.2) is 24.3 Å². The summed E-state index contributed by atoms with van der Waals surface area (Å²) in [5.41, 5.74) is 0. The smallest absolute Gasteiger partial charge is 0.407 e. The van der Waals surface area contributed by atoms with Crippen molar-refractivity contribution in [3.8, 4) is 0 Å². The number of nitrogens with one attached hydrogen (secondary N) is 1. The Morgan fingerprint density at radius 2 is 1.31 bits per heavy atom. The molecular formula is C24H44N2O3. The first kappa shape index (κ1) is 27.2. The lowest BCUT2D eigenvalue weighted by atomic mass is 10.1. The molecule has 0 saturated carbocycles. The Morgan fingerprint density at radius 1 is 0.793 bits per heavy atom. The first-order chi connectivity index (χ1) is 14.1. The summed E-state index contributed by atoms with van der Waals surface area (Å²) in [6.45, 7) is 2.60. The van der Waals surface area contributed by atoms with Crippen LogP contribution in [0.5, 0.6) is 0 Å². The highest BCUT2D eigenvalue weighted by molar-refractivity contribution is 5.81. The molecule has 0 aliphatic heterocycles. The summed E-state index contributed by atoms with van der Waals surface area (Å²) < 4.78 is 0. The summed E-state index contributed by atoms with van der Waals surface area (Å²) in [4.78, 5) is 23.6. The van der Waals surface area contributed by atoms with Crippen LogP contribution in [0.4, 0.5) is 4.79 Å². The number of rotatable bonds is 19. The van der Waals surface area contributed by atoms with Crippen LogP contribution >= 0.6 is 0 Å². The van der Waals surface area contributed by atoms with E-state index in [1.807, 2.05) is 0 Å². The highest BCUT2D eigenvalue weighted by Gasteiger charge is 2.14. The van der Waals surface area contributed by atoms with Crippen molar-refractivity contribution in [3.05, 3.63) is 24.3 Å². The Bertz CT molecular complexity index is 461. The number of carbonyl (C=O) groups is 2. The van der Waals surface area contributed by atoms with E-state index in [9.17, 15) is 9.59 Å². The highest BCUT2D eigenvalue weighted by Crippen LogP contribution is 2.10. The zero-order chi connectivity index (χ0) is 21.6. The van der Waals surface area contributed by atoms with Crippen LogP contribution in [0.2, 0.25) is 0 Å². The largest absolute Gasteiger partial charge is 0.465 e. The normalized spacial score (nSPS) is 11.4. The minimum atomic E-state index is -1.02. The van der Waals surface area contributed by atoms with E-state index >= 15 is 0 Å². The van der Waals surface area contributed by atoms with Gasteiger partial charge in [-0.25, -0.2) is 4.79 Å². The topological polar surface area (TPSA) is 69.6 Å². The van der Waals surface area contributed by atoms with Gasteiger partial charge in [-0.15, -0.1) is 0 Å². The fourth-order valence-corrected chi connectivity index (χ4v) is 3.14. The maximum Gasteiger partial charge on any atom is 0.407 e. The number of carboxylic acid groups (broad SMARTS) is 1. The standard InChI is InChI=1S/C24H44N2O3/c1-3-4-5-6-7-8-9-10-11-12-13-14-15-16-17-18-19-20-21-26(24(28)29)22-23(27)25-2/h7-8,10-11H,3-6,9,12-22H2,1-2H3,(H,25,27)(H,28,29). The fraction of sp³-hybridized carbons (Fsp3) is 0.750. The van der Waals surface area contributed by atoms with Crippen molar-refractivity contribution in [1.29, 1.82) is 0 Å². The SMILES string of the molecule is CCCCCC=CCC=CCCCCCCCCCCN(CC(=O)NC)C(=O)O. The van der Waals surface area contributed by atoms with Crippen molar-refractivity contribution in [2.45, 2.75) is 96.8 Å². The summed E-state index contributed by atoms with van der Waals surface area (Å²) in [5, 5.41) is 11.6. The van der Waals surface area contributed by atoms with E-state index in [1.165, 1.54) is 76.2 Å². The summed E-state index contributed by atoms with van der Waals surface area (Å²) in [5.74, 6) is -0.263. The molecule has 5 heteroatoms.